The first kappa shape index (κ1) is 26.9. The van der Waals surface area contributed by atoms with E-state index < -0.39 is 0 Å². The summed E-state index contributed by atoms with van der Waals surface area (Å²) in [6, 6.07) is 47.5. The predicted octanol–water partition coefficient (Wildman–Crippen LogP) is 8.83. The van der Waals surface area contributed by atoms with Gasteiger partial charge >= 0.3 is 0 Å². The molecule has 0 radical (unpaired) electrons. The van der Waals surface area contributed by atoms with Crippen molar-refractivity contribution in [2.24, 2.45) is 0 Å². The average molecular weight is 549 g/mol. The number of phenolic OH excluding ortho intramolecular Hbond substituents is 3. The third-order valence-corrected chi connectivity index (χ3v) is 7.86. The lowest BCUT2D eigenvalue weighted by Crippen LogP contribution is -2.05. The number of benzene rings is 6. The number of hydrogen-bond acceptors (Lipinski definition) is 3. The fourth-order valence-electron chi connectivity index (χ4n) is 5.62. The van der Waals surface area contributed by atoms with E-state index in [2.05, 4.69) is 48.5 Å². The maximum absolute atomic E-state index is 11.5. The summed E-state index contributed by atoms with van der Waals surface area (Å²) in [7, 11) is 0. The van der Waals surface area contributed by atoms with Crippen LogP contribution in [0.5, 0.6) is 17.2 Å². The van der Waals surface area contributed by atoms with Gasteiger partial charge in [0.15, 0.2) is 0 Å². The molecule has 6 rings (SSSR count). The molecule has 3 heteroatoms. The summed E-state index contributed by atoms with van der Waals surface area (Å²) in [6.07, 6.45) is 1.27. The van der Waals surface area contributed by atoms with Crippen LogP contribution in [0.25, 0.3) is 11.1 Å². The third-order valence-electron chi connectivity index (χ3n) is 7.86. The van der Waals surface area contributed by atoms with Gasteiger partial charge in [0.25, 0.3) is 0 Å². The average Bonchev–Trinajstić information content (AvgIpc) is 3.02. The molecule has 1 atom stereocenters. The Morgan fingerprint density at radius 1 is 0.405 bits per heavy atom. The molecular weight excluding hydrogens is 516 g/mol. The van der Waals surface area contributed by atoms with Gasteiger partial charge in [0.2, 0.25) is 0 Å². The van der Waals surface area contributed by atoms with Gasteiger partial charge < -0.3 is 15.3 Å². The van der Waals surface area contributed by atoms with Gasteiger partial charge in [0.1, 0.15) is 17.2 Å². The standard InChI is InChI=1S/C39H32O3/c40-36-15-6-4-11-32(36)25-27-17-21-29(22-18-27)30-23-19-28(20-24-30)26-33-12-8-14-35(39(33)42)38(31-9-2-1-3-10-31)34-13-5-7-16-37(34)41/h1-24,38,40-42H,25-26H2. The van der Waals surface area contributed by atoms with Crippen LogP contribution in [0, 0.1) is 0 Å². The van der Waals surface area contributed by atoms with E-state index in [-0.39, 0.29) is 17.4 Å². The second-order valence-electron chi connectivity index (χ2n) is 10.6. The summed E-state index contributed by atoms with van der Waals surface area (Å²) >= 11 is 0. The maximum atomic E-state index is 11.5. The molecule has 0 bridgehead atoms. The number of aromatic hydroxyl groups is 3. The summed E-state index contributed by atoms with van der Waals surface area (Å²) in [5, 5.41) is 32.3. The smallest absolute Gasteiger partial charge is 0.123 e. The minimum absolute atomic E-state index is 0.206. The molecule has 0 saturated heterocycles. The second-order valence-corrected chi connectivity index (χ2v) is 10.6. The maximum Gasteiger partial charge on any atom is 0.123 e. The Labute approximate surface area is 246 Å². The van der Waals surface area contributed by atoms with Crippen molar-refractivity contribution in [3.05, 3.63) is 185 Å². The van der Waals surface area contributed by atoms with Gasteiger partial charge in [0.05, 0.1) is 0 Å². The summed E-state index contributed by atoms with van der Waals surface area (Å²) in [5.41, 5.74) is 8.76. The van der Waals surface area contributed by atoms with E-state index in [1.165, 1.54) is 0 Å². The number of rotatable bonds is 8. The van der Waals surface area contributed by atoms with E-state index in [4.69, 9.17) is 0 Å². The largest absolute Gasteiger partial charge is 0.508 e. The predicted molar refractivity (Wildman–Crippen MR) is 169 cm³/mol. The molecule has 6 aromatic rings. The van der Waals surface area contributed by atoms with E-state index >= 15 is 0 Å². The van der Waals surface area contributed by atoms with Crippen LogP contribution in [0.1, 0.15) is 44.9 Å². The van der Waals surface area contributed by atoms with E-state index in [0.29, 0.717) is 18.6 Å². The Balaban J connectivity index is 1.23. The van der Waals surface area contributed by atoms with Crippen LogP contribution in [0.3, 0.4) is 0 Å². The van der Waals surface area contributed by atoms with Crippen molar-refractivity contribution >= 4 is 0 Å². The SMILES string of the molecule is Oc1ccccc1Cc1ccc(-c2ccc(Cc3cccc(C(c4ccccc4)c4ccccc4O)c3O)cc2)cc1. The molecule has 42 heavy (non-hydrogen) atoms. The van der Waals surface area contributed by atoms with Gasteiger partial charge in [-0.2, -0.15) is 0 Å². The minimum atomic E-state index is -0.302. The highest BCUT2D eigenvalue weighted by molar-refractivity contribution is 5.64. The first-order valence-electron chi connectivity index (χ1n) is 14.2. The molecule has 1 unspecified atom stereocenters. The molecule has 6 aromatic carbocycles. The number of para-hydroxylation sites is 3. The monoisotopic (exact) mass is 548 g/mol. The van der Waals surface area contributed by atoms with Gasteiger partial charge in [-0.3, -0.25) is 0 Å². The Bertz CT molecular complexity index is 1790. The fraction of sp³-hybridized carbons (Fsp3) is 0.0769. The Kier molecular flexibility index (Phi) is 7.74. The van der Waals surface area contributed by atoms with Crippen LogP contribution < -0.4 is 0 Å². The topological polar surface area (TPSA) is 60.7 Å². The normalized spacial score (nSPS) is 11.7. The van der Waals surface area contributed by atoms with E-state index in [9.17, 15) is 15.3 Å². The van der Waals surface area contributed by atoms with Gasteiger partial charge in [-0.25, -0.2) is 0 Å². The molecule has 3 nitrogen and oxygen atoms in total. The molecule has 0 aliphatic carbocycles. The van der Waals surface area contributed by atoms with Gasteiger partial charge in [-0.15, -0.1) is 0 Å². The molecule has 0 saturated carbocycles. The molecular formula is C39H32O3. The highest BCUT2D eigenvalue weighted by atomic mass is 16.3. The van der Waals surface area contributed by atoms with Crippen LogP contribution in [-0.2, 0) is 12.8 Å². The Hall–Kier alpha value is -5.28. The molecule has 0 aliphatic rings. The second kappa shape index (κ2) is 12.1. The zero-order chi connectivity index (χ0) is 28.9. The van der Waals surface area contributed by atoms with Gasteiger partial charge in [-0.1, -0.05) is 133 Å². The summed E-state index contributed by atoms with van der Waals surface area (Å²) in [5.74, 6) is 0.475. The quantitative estimate of drug-likeness (QED) is 0.167. The van der Waals surface area contributed by atoms with Crippen LogP contribution in [0.4, 0.5) is 0 Å². The van der Waals surface area contributed by atoms with Crippen LogP contribution in [-0.4, -0.2) is 15.3 Å². The van der Waals surface area contributed by atoms with Crippen LogP contribution in [0.2, 0.25) is 0 Å². The molecule has 0 aromatic heterocycles. The lowest BCUT2D eigenvalue weighted by Gasteiger charge is -2.22. The van der Waals surface area contributed by atoms with Crippen LogP contribution in [0.15, 0.2) is 146 Å². The first-order chi connectivity index (χ1) is 20.6. The zero-order valence-electron chi connectivity index (χ0n) is 23.2. The third kappa shape index (κ3) is 5.77. The van der Waals surface area contributed by atoms with Crippen molar-refractivity contribution in [1.29, 1.82) is 0 Å². The van der Waals surface area contributed by atoms with Crippen molar-refractivity contribution in [3.63, 3.8) is 0 Å². The first-order valence-corrected chi connectivity index (χ1v) is 14.2. The number of hydrogen-bond donors (Lipinski definition) is 3. The molecule has 3 N–H and O–H groups in total. The van der Waals surface area contributed by atoms with Gasteiger partial charge in [0, 0.05) is 29.9 Å². The molecule has 206 valence electrons. The van der Waals surface area contributed by atoms with Crippen molar-refractivity contribution in [2.45, 2.75) is 18.8 Å². The zero-order valence-corrected chi connectivity index (χ0v) is 23.2. The summed E-state index contributed by atoms with van der Waals surface area (Å²) in [6.45, 7) is 0. The van der Waals surface area contributed by atoms with Crippen molar-refractivity contribution in [2.75, 3.05) is 0 Å². The summed E-state index contributed by atoms with van der Waals surface area (Å²) in [4.78, 5) is 0. The lowest BCUT2D eigenvalue weighted by atomic mass is 9.83. The van der Waals surface area contributed by atoms with Gasteiger partial charge in [-0.05, 0) is 51.1 Å². The molecule has 0 fully saturated rings. The Morgan fingerprint density at radius 2 is 0.905 bits per heavy atom. The Morgan fingerprint density at radius 3 is 1.52 bits per heavy atom. The lowest BCUT2D eigenvalue weighted by molar-refractivity contribution is 0.455. The number of phenols is 3. The van der Waals surface area contributed by atoms with E-state index in [1.807, 2.05) is 84.9 Å². The van der Waals surface area contributed by atoms with Crippen molar-refractivity contribution in [3.8, 4) is 28.4 Å². The van der Waals surface area contributed by atoms with Crippen molar-refractivity contribution in [1.82, 2.24) is 0 Å². The molecule has 0 amide bonds. The molecule has 0 aliphatic heterocycles. The molecule has 0 heterocycles. The highest BCUT2D eigenvalue weighted by Crippen LogP contribution is 2.41. The van der Waals surface area contributed by atoms with Crippen LogP contribution >= 0.6 is 0 Å². The molecule has 0 spiro atoms. The van der Waals surface area contributed by atoms with E-state index in [0.717, 1.165) is 50.1 Å². The highest BCUT2D eigenvalue weighted by Gasteiger charge is 2.23. The minimum Gasteiger partial charge on any atom is -0.508 e. The summed E-state index contributed by atoms with van der Waals surface area (Å²) < 4.78 is 0. The van der Waals surface area contributed by atoms with E-state index in [1.54, 1.807) is 12.1 Å². The fourth-order valence-corrected chi connectivity index (χ4v) is 5.62. The van der Waals surface area contributed by atoms with Crippen molar-refractivity contribution < 1.29 is 15.3 Å².